The minimum atomic E-state index is -0.336. The lowest BCUT2D eigenvalue weighted by molar-refractivity contribution is -0.128. The monoisotopic (exact) mass is 152 g/mol. The van der Waals surface area contributed by atoms with Crippen LogP contribution in [0.15, 0.2) is 0 Å². The molecular weight excluding hydrogens is 142 g/mol. The van der Waals surface area contributed by atoms with Crippen LogP contribution in [-0.2, 0) is 9.59 Å². The Bertz CT molecular complexity index is 216. The van der Waals surface area contributed by atoms with Crippen molar-refractivity contribution in [2.24, 2.45) is 5.41 Å². The van der Waals surface area contributed by atoms with E-state index in [4.69, 9.17) is 0 Å². The lowest BCUT2D eigenvalue weighted by Crippen LogP contribution is -2.24. The van der Waals surface area contributed by atoms with Crippen LogP contribution in [0.2, 0.25) is 0 Å². The van der Waals surface area contributed by atoms with E-state index >= 15 is 0 Å². The molecule has 2 rings (SSSR count). The third-order valence-corrected chi connectivity index (χ3v) is 2.73. The third kappa shape index (κ3) is 0.870. The zero-order valence-electron chi connectivity index (χ0n) is 6.30. The Morgan fingerprint density at radius 1 is 1.18 bits per heavy atom. The first-order chi connectivity index (χ1) is 5.23. The van der Waals surface area contributed by atoms with Gasteiger partial charge >= 0.3 is 0 Å². The lowest BCUT2D eigenvalue weighted by Gasteiger charge is -2.15. The molecule has 0 aromatic carbocycles. The van der Waals surface area contributed by atoms with Crippen molar-refractivity contribution in [3.63, 3.8) is 0 Å². The smallest absolute Gasteiger partial charge is 0.255 e. The van der Waals surface area contributed by atoms with E-state index in [1.54, 1.807) is 0 Å². The van der Waals surface area contributed by atoms with E-state index in [1.165, 1.54) is 0 Å². The summed E-state index contributed by atoms with van der Waals surface area (Å²) in [5.74, 6) is -0.364. The molecule has 11 heavy (non-hydrogen) atoms. The molecule has 0 atom stereocenters. The molecule has 0 unspecified atom stereocenters. The van der Waals surface area contributed by atoms with Gasteiger partial charge in [0.15, 0.2) is 0 Å². The van der Waals surface area contributed by atoms with Crippen molar-refractivity contribution in [2.45, 2.75) is 32.1 Å². The summed E-state index contributed by atoms with van der Waals surface area (Å²) in [5, 5.41) is 3.45. The van der Waals surface area contributed by atoms with Crippen LogP contribution < -0.4 is 5.32 Å². The van der Waals surface area contributed by atoms with Crippen LogP contribution in [0.1, 0.15) is 32.1 Å². The molecule has 2 aliphatic rings. The summed E-state index contributed by atoms with van der Waals surface area (Å²) >= 11 is 0. The van der Waals surface area contributed by atoms with Crippen molar-refractivity contribution in [2.75, 3.05) is 0 Å². The normalized spacial score (nSPS) is 28.0. The molecule has 1 aliphatic carbocycles. The Balaban J connectivity index is 2.24. The maximum Gasteiger partial charge on any atom is 0.255 e. The SMILES string of the molecule is O=C1CC2(CCCC2)C(=O)[N]1. The number of amides is 2. The first-order valence-corrected chi connectivity index (χ1v) is 4.02. The fraction of sp³-hybridized carbons (Fsp3) is 0.750. The Kier molecular flexibility index (Phi) is 1.28. The van der Waals surface area contributed by atoms with Crippen molar-refractivity contribution in [3.05, 3.63) is 0 Å². The van der Waals surface area contributed by atoms with Crippen molar-refractivity contribution >= 4 is 11.8 Å². The summed E-state index contributed by atoms with van der Waals surface area (Å²) in [6.45, 7) is 0. The Labute approximate surface area is 65.2 Å². The van der Waals surface area contributed by atoms with Crippen LogP contribution >= 0.6 is 0 Å². The van der Waals surface area contributed by atoms with Gasteiger partial charge < -0.3 is 0 Å². The second kappa shape index (κ2) is 2.06. The van der Waals surface area contributed by atoms with Gasteiger partial charge in [-0.15, -0.1) is 0 Å². The number of hydrogen-bond donors (Lipinski definition) is 0. The second-order valence-corrected chi connectivity index (χ2v) is 3.47. The molecule has 0 bridgehead atoms. The topological polar surface area (TPSA) is 48.2 Å². The zero-order chi connectivity index (χ0) is 7.90. The Morgan fingerprint density at radius 2 is 1.82 bits per heavy atom. The Morgan fingerprint density at radius 3 is 2.27 bits per heavy atom. The molecule has 1 aliphatic heterocycles. The van der Waals surface area contributed by atoms with E-state index in [-0.39, 0.29) is 17.2 Å². The van der Waals surface area contributed by atoms with Crippen LogP contribution in [0.25, 0.3) is 0 Å². The van der Waals surface area contributed by atoms with E-state index in [1.807, 2.05) is 0 Å². The maximum absolute atomic E-state index is 11.2. The predicted molar refractivity (Wildman–Crippen MR) is 37.7 cm³/mol. The summed E-state index contributed by atoms with van der Waals surface area (Å²) in [7, 11) is 0. The van der Waals surface area contributed by atoms with E-state index < -0.39 is 0 Å². The van der Waals surface area contributed by atoms with Crippen LogP contribution in [0, 0.1) is 5.41 Å². The largest absolute Gasteiger partial charge is 0.272 e. The Hall–Kier alpha value is -0.860. The molecule has 59 valence electrons. The highest BCUT2D eigenvalue weighted by atomic mass is 16.2. The highest BCUT2D eigenvalue weighted by molar-refractivity contribution is 6.05. The number of imide groups is 1. The fourth-order valence-corrected chi connectivity index (χ4v) is 2.08. The van der Waals surface area contributed by atoms with Crippen molar-refractivity contribution in [1.82, 2.24) is 5.32 Å². The number of carbonyl (C=O) groups excluding carboxylic acids is 2. The van der Waals surface area contributed by atoms with E-state index in [0.717, 1.165) is 25.7 Å². The molecule has 1 spiro atoms. The molecule has 1 radical (unpaired) electrons. The molecule has 1 saturated carbocycles. The van der Waals surface area contributed by atoms with Gasteiger partial charge in [0.25, 0.3) is 5.91 Å². The summed E-state index contributed by atoms with van der Waals surface area (Å²) in [6.07, 6.45) is 4.29. The second-order valence-electron chi connectivity index (χ2n) is 3.47. The molecule has 3 nitrogen and oxygen atoms in total. The molecular formula is C8H10NO2. The summed E-state index contributed by atoms with van der Waals surface area (Å²) in [4.78, 5) is 22.0. The van der Waals surface area contributed by atoms with Crippen LogP contribution in [-0.4, -0.2) is 11.8 Å². The highest BCUT2D eigenvalue weighted by Crippen LogP contribution is 2.44. The van der Waals surface area contributed by atoms with Crippen molar-refractivity contribution in [3.8, 4) is 0 Å². The molecule has 3 heteroatoms. The highest BCUT2D eigenvalue weighted by Gasteiger charge is 2.49. The molecule has 1 heterocycles. The van der Waals surface area contributed by atoms with Crippen molar-refractivity contribution in [1.29, 1.82) is 0 Å². The fourth-order valence-electron chi connectivity index (χ4n) is 2.08. The molecule has 0 N–H and O–H groups in total. The van der Waals surface area contributed by atoms with Gasteiger partial charge in [0.1, 0.15) is 0 Å². The number of carbonyl (C=O) groups is 2. The van der Waals surface area contributed by atoms with E-state index in [2.05, 4.69) is 5.32 Å². The van der Waals surface area contributed by atoms with Gasteiger partial charge in [-0.1, -0.05) is 12.8 Å². The van der Waals surface area contributed by atoms with Gasteiger partial charge in [0.2, 0.25) is 5.91 Å². The van der Waals surface area contributed by atoms with E-state index in [9.17, 15) is 9.59 Å². The van der Waals surface area contributed by atoms with Gasteiger partial charge in [0, 0.05) is 6.42 Å². The van der Waals surface area contributed by atoms with Gasteiger partial charge in [-0.3, -0.25) is 9.59 Å². The summed E-state index contributed by atoms with van der Waals surface area (Å²) < 4.78 is 0. The average Bonchev–Trinajstić information content (AvgIpc) is 2.45. The average molecular weight is 152 g/mol. The van der Waals surface area contributed by atoms with E-state index in [0.29, 0.717) is 6.42 Å². The van der Waals surface area contributed by atoms with Crippen LogP contribution in [0.5, 0.6) is 0 Å². The first kappa shape index (κ1) is 6.83. The van der Waals surface area contributed by atoms with Crippen LogP contribution in [0.3, 0.4) is 0 Å². The number of rotatable bonds is 0. The quantitative estimate of drug-likeness (QED) is 0.477. The molecule has 2 fully saturated rings. The number of nitrogens with zero attached hydrogens (tertiary/aromatic N) is 1. The summed E-state index contributed by atoms with van der Waals surface area (Å²) in [5.41, 5.74) is -0.336. The molecule has 0 aromatic rings. The number of hydrogen-bond acceptors (Lipinski definition) is 2. The van der Waals surface area contributed by atoms with Crippen molar-refractivity contribution < 1.29 is 9.59 Å². The van der Waals surface area contributed by atoms with Gasteiger partial charge in [0.05, 0.1) is 5.41 Å². The van der Waals surface area contributed by atoms with Crippen LogP contribution in [0.4, 0.5) is 0 Å². The lowest BCUT2D eigenvalue weighted by atomic mass is 9.85. The summed E-state index contributed by atoms with van der Waals surface area (Å²) in [6, 6.07) is 0. The zero-order valence-corrected chi connectivity index (χ0v) is 6.30. The first-order valence-electron chi connectivity index (χ1n) is 4.02. The van der Waals surface area contributed by atoms with Gasteiger partial charge in [-0.2, -0.15) is 5.32 Å². The molecule has 0 aromatic heterocycles. The minimum absolute atomic E-state index is 0.153. The maximum atomic E-state index is 11.2. The third-order valence-electron chi connectivity index (χ3n) is 2.73. The van der Waals surface area contributed by atoms with Gasteiger partial charge in [-0.05, 0) is 12.8 Å². The predicted octanol–water partition coefficient (Wildman–Crippen LogP) is 0.608. The van der Waals surface area contributed by atoms with Gasteiger partial charge in [-0.25, -0.2) is 0 Å². The minimum Gasteiger partial charge on any atom is -0.272 e. The molecule has 1 saturated heterocycles. The standard InChI is InChI=1S/C8H10NO2/c10-6-5-8(7(11)9-6)3-1-2-4-8/h1-5H2. The molecule has 2 amide bonds.